The van der Waals surface area contributed by atoms with Crippen molar-refractivity contribution in [2.24, 2.45) is 0 Å². The summed E-state index contributed by atoms with van der Waals surface area (Å²) in [5.74, 6) is 1.32. The lowest BCUT2D eigenvalue weighted by molar-refractivity contribution is 0.389. The second-order valence-electron chi connectivity index (χ2n) is 6.27. The fourth-order valence-corrected chi connectivity index (χ4v) is 3.12. The van der Waals surface area contributed by atoms with Gasteiger partial charge >= 0.3 is 0 Å². The number of halogens is 1. The zero-order valence-electron chi connectivity index (χ0n) is 15.1. The first-order valence-electron chi connectivity index (χ1n) is 8.64. The van der Waals surface area contributed by atoms with Crippen molar-refractivity contribution < 1.29 is 4.74 Å². The molecule has 2 aromatic carbocycles. The van der Waals surface area contributed by atoms with Gasteiger partial charge in [-0.15, -0.1) is 5.10 Å². The van der Waals surface area contributed by atoms with Crippen molar-refractivity contribution in [2.75, 3.05) is 12.4 Å². The van der Waals surface area contributed by atoms with Gasteiger partial charge in [-0.3, -0.25) is 0 Å². The quantitative estimate of drug-likeness (QED) is 0.532. The van der Waals surface area contributed by atoms with Gasteiger partial charge in [0.1, 0.15) is 11.5 Å². The van der Waals surface area contributed by atoms with Gasteiger partial charge in [-0.05, 0) is 30.7 Å². The number of nitrogens with one attached hydrogen (secondary N) is 1. The first-order valence-corrected chi connectivity index (χ1v) is 9.01. The van der Waals surface area contributed by atoms with Crippen LogP contribution in [0, 0.1) is 6.92 Å². The summed E-state index contributed by atoms with van der Waals surface area (Å²) in [5, 5.41) is 8.66. The van der Waals surface area contributed by atoms with E-state index in [9.17, 15) is 0 Å². The number of ether oxygens (including phenoxy) is 1. The van der Waals surface area contributed by atoms with E-state index in [1.54, 1.807) is 11.6 Å². The van der Waals surface area contributed by atoms with Crippen molar-refractivity contribution in [3.8, 4) is 17.1 Å². The largest absolute Gasteiger partial charge is 0.479 e. The summed E-state index contributed by atoms with van der Waals surface area (Å²) in [5.41, 5.74) is 4.71. The Hall–Kier alpha value is -3.05. The van der Waals surface area contributed by atoms with Crippen LogP contribution in [-0.4, -0.2) is 21.7 Å². The molecule has 0 atom stereocenters. The average molecular weight is 379 g/mol. The van der Waals surface area contributed by atoms with Crippen molar-refractivity contribution >= 4 is 23.1 Å². The Morgan fingerprint density at radius 3 is 2.56 bits per heavy atom. The standard InChI is InChI=1S/C21H19ClN4O/c1-14-7-9-15(10-8-14)20-21(27-2)26-19(24-20)12-11-18(25-26)23-13-16-5-3-4-6-17(16)22/h3-12H,13H2,1-2H3,(H,23,25). The maximum Gasteiger partial charge on any atom is 0.243 e. The molecule has 1 N–H and O–H groups in total. The lowest BCUT2D eigenvalue weighted by Gasteiger charge is -2.08. The summed E-state index contributed by atoms with van der Waals surface area (Å²) in [6.45, 7) is 2.64. The van der Waals surface area contributed by atoms with Gasteiger partial charge in [-0.25, -0.2) is 4.98 Å². The van der Waals surface area contributed by atoms with Gasteiger partial charge in [0.05, 0.1) is 7.11 Å². The molecule has 0 saturated carbocycles. The molecule has 0 aliphatic rings. The van der Waals surface area contributed by atoms with E-state index in [0.29, 0.717) is 18.2 Å². The second kappa shape index (κ2) is 7.29. The zero-order chi connectivity index (χ0) is 18.8. The summed E-state index contributed by atoms with van der Waals surface area (Å²) in [6.07, 6.45) is 0. The van der Waals surface area contributed by atoms with Crippen molar-refractivity contribution in [2.45, 2.75) is 13.5 Å². The number of hydrogen-bond acceptors (Lipinski definition) is 4. The highest BCUT2D eigenvalue weighted by atomic mass is 35.5. The fourth-order valence-electron chi connectivity index (χ4n) is 2.92. The number of rotatable bonds is 5. The molecule has 5 nitrogen and oxygen atoms in total. The number of aryl methyl sites for hydroxylation is 1. The SMILES string of the molecule is COc1c(-c2ccc(C)cc2)nc2ccc(NCc3ccccc3Cl)nn12. The van der Waals surface area contributed by atoms with Crippen LogP contribution in [0.1, 0.15) is 11.1 Å². The monoisotopic (exact) mass is 378 g/mol. The first kappa shape index (κ1) is 17.4. The summed E-state index contributed by atoms with van der Waals surface area (Å²) in [4.78, 5) is 4.68. The molecule has 4 rings (SSSR count). The molecule has 6 heteroatoms. The van der Waals surface area contributed by atoms with Crippen LogP contribution in [0.15, 0.2) is 60.7 Å². The summed E-state index contributed by atoms with van der Waals surface area (Å²) >= 11 is 6.22. The zero-order valence-corrected chi connectivity index (χ0v) is 15.9. The highest BCUT2D eigenvalue weighted by Crippen LogP contribution is 2.30. The van der Waals surface area contributed by atoms with Gasteiger partial charge < -0.3 is 10.1 Å². The molecule has 0 spiro atoms. The summed E-state index contributed by atoms with van der Waals surface area (Å²) in [7, 11) is 1.63. The van der Waals surface area contributed by atoms with Crippen molar-refractivity contribution in [1.82, 2.24) is 14.6 Å². The number of benzene rings is 2. The fraction of sp³-hybridized carbons (Fsp3) is 0.143. The molecule has 0 radical (unpaired) electrons. The smallest absolute Gasteiger partial charge is 0.243 e. The van der Waals surface area contributed by atoms with Crippen molar-refractivity contribution in [1.29, 1.82) is 0 Å². The maximum atomic E-state index is 6.22. The molecule has 2 heterocycles. The molecule has 0 aliphatic heterocycles. The van der Waals surface area contributed by atoms with Crippen LogP contribution >= 0.6 is 11.6 Å². The minimum atomic E-state index is 0.583. The van der Waals surface area contributed by atoms with Gasteiger partial charge in [-0.2, -0.15) is 4.52 Å². The molecule has 136 valence electrons. The molecule has 0 fully saturated rings. The van der Waals surface area contributed by atoms with Gasteiger partial charge in [0.15, 0.2) is 5.65 Å². The van der Waals surface area contributed by atoms with Crippen LogP contribution in [0.25, 0.3) is 16.9 Å². The van der Waals surface area contributed by atoms with E-state index in [4.69, 9.17) is 16.3 Å². The highest BCUT2D eigenvalue weighted by Gasteiger charge is 2.16. The van der Waals surface area contributed by atoms with Crippen LogP contribution in [0.2, 0.25) is 5.02 Å². The van der Waals surface area contributed by atoms with E-state index < -0.39 is 0 Å². The Kier molecular flexibility index (Phi) is 4.69. The minimum Gasteiger partial charge on any atom is -0.479 e. The number of aromatic nitrogens is 3. The molecule has 0 unspecified atom stereocenters. The minimum absolute atomic E-state index is 0.583. The maximum absolute atomic E-state index is 6.22. The lowest BCUT2D eigenvalue weighted by Crippen LogP contribution is -2.05. The Morgan fingerprint density at radius 2 is 1.81 bits per heavy atom. The number of nitrogens with zero attached hydrogens (tertiary/aromatic N) is 3. The second-order valence-corrected chi connectivity index (χ2v) is 6.68. The lowest BCUT2D eigenvalue weighted by atomic mass is 10.1. The molecular weight excluding hydrogens is 360 g/mol. The third kappa shape index (κ3) is 3.46. The van der Waals surface area contributed by atoms with E-state index in [1.165, 1.54) is 5.56 Å². The number of anilines is 1. The van der Waals surface area contributed by atoms with Gasteiger partial charge in [0.25, 0.3) is 0 Å². The average Bonchev–Trinajstić information content (AvgIpc) is 3.05. The van der Waals surface area contributed by atoms with Crippen LogP contribution in [0.5, 0.6) is 5.88 Å². The Labute approximate surface area is 162 Å². The summed E-state index contributed by atoms with van der Waals surface area (Å²) < 4.78 is 7.32. The third-order valence-electron chi connectivity index (χ3n) is 4.37. The Morgan fingerprint density at radius 1 is 1.04 bits per heavy atom. The molecule has 4 aromatic rings. The van der Waals surface area contributed by atoms with E-state index in [-0.39, 0.29) is 0 Å². The normalized spacial score (nSPS) is 10.9. The highest BCUT2D eigenvalue weighted by molar-refractivity contribution is 6.31. The van der Waals surface area contributed by atoms with E-state index in [0.717, 1.165) is 27.5 Å². The molecule has 0 aliphatic carbocycles. The Bertz CT molecular complexity index is 1090. The summed E-state index contributed by atoms with van der Waals surface area (Å²) in [6, 6.07) is 19.8. The predicted molar refractivity (Wildman–Crippen MR) is 108 cm³/mol. The van der Waals surface area contributed by atoms with Gasteiger partial charge in [0, 0.05) is 17.1 Å². The van der Waals surface area contributed by atoms with Crippen molar-refractivity contribution in [3.05, 3.63) is 76.8 Å². The van der Waals surface area contributed by atoms with Crippen LogP contribution < -0.4 is 10.1 Å². The van der Waals surface area contributed by atoms with Crippen molar-refractivity contribution in [3.63, 3.8) is 0 Å². The van der Waals surface area contributed by atoms with E-state index >= 15 is 0 Å². The Balaban J connectivity index is 1.67. The number of methoxy groups -OCH3 is 1. The van der Waals surface area contributed by atoms with Gasteiger partial charge in [0.2, 0.25) is 5.88 Å². The number of fused-ring (bicyclic) bond motifs is 1. The predicted octanol–water partition coefficient (Wildman–Crippen LogP) is 4.98. The molecule has 0 amide bonds. The topological polar surface area (TPSA) is 51.5 Å². The van der Waals surface area contributed by atoms with Gasteiger partial charge in [-0.1, -0.05) is 59.6 Å². The molecule has 0 saturated heterocycles. The number of hydrogen-bond donors (Lipinski definition) is 1. The molecule has 27 heavy (non-hydrogen) atoms. The van der Waals surface area contributed by atoms with Crippen LogP contribution in [0.4, 0.5) is 5.82 Å². The molecular formula is C21H19ClN4O. The third-order valence-corrected chi connectivity index (χ3v) is 4.74. The van der Waals surface area contributed by atoms with E-state index in [2.05, 4.69) is 34.5 Å². The first-order chi connectivity index (χ1) is 13.2. The van der Waals surface area contributed by atoms with Crippen LogP contribution in [0.3, 0.4) is 0 Å². The van der Waals surface area contributed by atoms with E-state index in [1.807, 2.05) is 48.5 Å². The molecule has 0 bridgehead atoms. The number of imidazole rings is 1. The van der Waals surface area contributed by atoms with Crippen LogP contribution in [-0.2, 0) is 6.54 Å². The molecule has 2 aromatic heterocycles.